The first-order chi connectivity index (χ1) is 17.4. The van der Waals surface area contributed by atoms with Gasteiger partial charge in [0.2, 0.25) is 5.82 Å². The molecule has 3 aromatic carbocycles. The molecule has 0 radical (unpaired) electrons. The van der Waals surface area contributed by atoms with Crippen LogP contribution in [0.5, 0.6) is 0 Å². The topological polar surface area (TPSA) is 71.3 Å². The average molecular weight is 483 g/mol. The van der Waals surface area contributed by atoms with Crippen LogP contribution < -0.4 is 10.2 Å². The second-order valence-corrected chi connectivity index (χ2v) is 9.01. The highest BCUT2D eigenvalue weighted by Crippen LogP contribution is 2.39. The van der Waals surface area contributed by atoms with Gasteiger partial charge in [-0.15, -0.1) is 0 Å². The average Bonchev–Trinajstić information content (AvgIpc) is 3.35. The molecule has 0 bridgehead atoms. The van der Waals surface area contributed by atoms with Crippen LogP contribution in [0.15, 0.2) is 77.0 Å². The summed E-state index contributed by atoms with van der Waals surface area (Å²) in [6.45, 7) is 8.06. The minimum absolute atomic E-state index is 0.231. The molecule has 182 valence electrons. The summed E-state index contributed by atoms with van der Waals surface area (Å²) >= 11 is 0. The molecule has 4 aromatic rings. The van der Waals surface area contributed by atoms with Crippen molar-refractivity contribution in [2.24, 2.45) is 0 Å². The van der Waals surface area contributed by atoms with Gasteiger partial charge < -0.3 is 9.84 Å². The molecule has 1 aliphatic rings. The zero-order valence-electron chi connectivity index (χ0n) is 20.7. The third kappa shape index (κ3) is 4.28. The maximum atomic E-state index is 13.5. The highest BCUT2D eigenvalue weighted by atomic mass is 19.1. The lowest BCUT2D eigenvalue weighted by atomic mass is 9.92. The Morgan fingerprint density at radius 3 is 2.50 bits per heavy atom. The molecule has 1 atom stereocenters. The van der Waals surface area contributed by atoms with Crippen molar-refractivity contribution < 1.29 is 13.7 Å². The molecule has 36 heavy (non-hydrogen) atoms. The van der Waals surface area contributed by atoms with Gasteiger partial charge in [0.15, 0.2) is 0 Å². The van der Waals surface area contributed by atoms with Crippen LogP contribution in [-0.4, -0.2) is 16.2 Å². The number of nitrogens with zero attached hydrogens (tertiary/aromatic N) is 3. The normalized spacial score (nSPS) is 15.9. The number of aryl methyl sites for hydroxylation is 3. The minimum atomic E-state index is -0.482. The van der Waals surface area contributed by atoms with E-state index in [9.17, 15) is 9.18 Å². The lowest BCUT2D eigenvalue weighted by Crippen LogP contribution is -2.46. The van der Waals surface area contributed by atoms with Crippen molar-refractivity contribution in [2.75, 3.05) is 4.90 Å². The van der Waals surface area contributed by atoms with Crippen molar-refractivity contribution in [3.8, 4) is 11.4 Å². The van der Waals surface area contributed by atoms with E-state index in [1.165, 1.54) is 12.1 Å². The molecular formula is C29H27FN4O2. The summed E-state index contributed by atoms with van der Waals surface area (Å²) in [5, 5.41) is 7.31. The second-order valence-electron chi connectivity index (χ2n) is 9.01. The monoisotopic (exact) mass is 482 g/mol. The van der Waals surface area contributed by atoms with Gasteiger partial charge in [-0.1, -0.05) is 42.4 Å². The first-order valence-corrected chi connectivity index (χ1v) is 11.9. The minimum Gasteiger partial charge on any atom is -0.334 e. The van der Waals surface area contributed by atoms with Crippen LogP contribution in [0.4, 0.5) is 14.9 Å². The van der Waals surface area contributed by atoms with Crippen LogP contribution in [0.25, 0.3) is 17.0 Å². The smallest absolute Gasteiger partial charge is 0.326 e. The number of rotatable bonds is 5. The van der Waals surface area contributed by atoms with Crippen molar-refractivity contribution in [2.45, 2.75) is 40.2 Å². The summed E-state index contributed by atoms with van der Waals surface area (Å²) in [6.07, 6.45) is 0.856. The molecule has 6 nitrogen and oxygen atoms in total. The van der Waals surface area contributed by atoms with E-state index < -0.39 is 6.04 Å². The Hall–Kier alpha value is -4.26. The third-order valence-corrected chi connectivity index (χ3v) is 6.68. The largest absolute Gasteiger partial charge is 0.334 e. The highest BCUT2D eigenvalue weighted by molar-refractivity contribution is 6.01. The van der Waals surface area contributed by atoms with Crippen molar-refractivity contribution in [3.05, 3.63) is 106 Å². The number of carbonyl (C=O) groups is 1. The summed E-state index contributed by atoms with van der Waals surface area (Å²) in [7, 11) is 0. The van der Waals surface area contributed by atoms with Gasteiger partial charge in [-0.25, -0.2) is 9.18 Å². The fourth-order valence-corrected chi connectivity index (χ4v) is 4.49. The van der Waals surface area contributed by atoms with E-state index in [1.54, 1.807) is 17.0 Å². The van der Waals surface area contributed by atoms with Gasteiger partial charge in [0.05, 0.1) is 17.3 Å². The number of anilines is 1. The van der Waals surface area contributed by atoms with Crippen LogP contribution in [0.1, 0.15) is 48.0 Å². The van der Waals surface area contributed by atoms with Crippen LogP contribution in [0.3, 0.4) is 0 Å². The molecule has 5 rings (SSSR count). The predicted octanol–water partition coefficient (Wildman–Crippen LogP) is 6.76. The van der Waals surface area contributed by atoms with Crippen molar-refractivity contribution >= 4 is 17.3 Å². The lowest BCUT2D eigenvalue weighted by molar-refractivity contribution is 0.244. The van der Waals surface area contributed by atoms with E-state index in [1.807, 2.05) is 50.2 Å². The third-order valence-electron chi connectivity index (χ3n) is 6.68. The number of aromatic nitrogens is 2. The Kier molecular flexibility index (Phi) is 6.14. The summed E-state index contributed by atoms with van der Waals surface area (Å²) in [6, 6.07) is 19.2. The predicted molar refractivity (Wildman–Crippen MR) is 138 cm³/mol. The summed E-state index contributed by atoms with van der Waals surface area (Å²) in [4.78, 5) is 19.8. The van der Waals surface area contributed by atoms with Crippen LogP contribution in [0.2, 0.25) is 0 Å². The molecule has 7 heteroatoms. The second kappa shape index (κ2) is 9.41. The Labute approximate surface area is 209 Å². The van der Waals surface area contributed by atoms with E-state index in [2.05, 4.69) is 35.4 Å². The molecule has 1 N–H and O–H groups in total. The lowest BCUT2D eigenvalue weighted by Gasteiger charge is -2.35. The SMILES string of the molecule is CCc1cccc(N2C(=O)NC(c3ccc(C)c(C)c3)C(c3nc(-c4ccc(F)cc4)no3)=C2C)c1. The van der Waals surface area contributed by atoms with Gasteiger partial charge in [-0.2, -0.15) is 4.98 Å². The Morgan fingerprint density at radius 1 is 1.00 bits per heavy atom. The molecule has 0 saturated heterocycles. The number of hydrogen-bond donors (Lipinski definition) is 1. The standard InChI is InChI=1S/C29H27FN4O2/c1-5-20-7-6-8-24(16-20)34-19(4)25(26(31-29(34)35)22-10-9-17(2)18(3)15-22)28-32-27(33-36-28)21-11-13-23(30)14-12-21/h6-16,26H,5H2,1-4H3,(H,31,35). The molecule has 0 saturated carbocycles. The summed E-state index contributed by atoms with van der Waals surface area (Å²) in [5.41, 5.74) is 7.14. The van der Waals surface area contributed by atoms with Crippen LogP contribution >= 0.6 is 0 Å². The maximum absolute atomic E-state index is 13.5. The van der Waals surface area contributed by atoms with Gasteiger partial charge in [0, 0.05) is 11.3 Å². The van der Waals surface area contributed by atoms with Crippen molar-refractivity contribution in [1.82, 2.24) is 15.5 Å². The number of amides is 2. The van der Waals surface area contributed by atoms with E-state index in [-0.39, 0.29) is 11.8 Å². The van der Waals surface area contributed by atoms with Crippen molar-refractivity contribution in [1.29, 1.82) is 0 Å². The highest BCUT2D eigenvalue weighted by Gasteiger charge is 2.36. The molecule has 2 heterocycles. The molecule has 0 fully saturated rings. The molecule has 2 amide bonds. The first kappa shape index (κ1) is 23.5. The molecule has 0 aliphatic carbocycles. The zero-order valence-corrected chi connectivity index (χ0v) is 20.7. The van der Waals surface area contributed by atoms with Gasteiger partial charge in [-0.05, 0) is 85.8 Å². The number of carbonyl (C=O) groups excluding carboxylic acids is 1. The fraction of sp³-hybridized carbons (Fsp3) is 0.207. The molecule has 0 spiro atoms. The van der Waals surface area contributed by atoms with Gasteiger partial charge in [-0.3, -0.25) is 4.90 Å². The van der Waals surface area contributed by atoms with Gasteiger partial charge >= 0.3 is 6.03 Å². The summed E-state index contributed by atoms with van der Waals surface area (Å²) in [5.74, 6) is 0.308. The number of halogens is 1. The Bertz CT molecular complexity index is 1470. The number of benzene rings is 3. The van der Waals surface area contributed by atoms with E-state index in [4.69, 9.17) is 4.52 Å². The summed E-state index contributed by atoms with van der Waals surface area (Å²) < 4.78 is 19.2. The molecule has 1 unspecified atom stereocenters. The number of urea groups is 1. The van der Waals surface area contributed by atoms with E-state index in [0.717, 1.165) is 34.4 Å². The molecule has 1 aliphatic heterocycles. The molecular weight excluding hydrogens is 455 g/mol. The van der Waals surface area contributed by atoms with Gasteiger partial charge in [0.25, 0.3) is 5.89 Å². The van der Waals surface area contributed by atoms with E-state index >= 15 is 0 Å². The van der Waals surface area contributed by atoms with Crippen LogP contribution in [0, 0.1) is 19.7 Å². The Balaban J connectivity index is 1.66. The number of nitrogens with one attached hydrogen (secondary N) is 1. The Morgan fingerprint density at radius 2 is 1.78 bits per heavy atom. The van der Waals surface area contributed by atoms with Crippen LogP contribution in [-0.2, 0) is 6.42 Å². The van der Waals surface area contributed by atoms with E-state index in [0.29, 0.717) is 28.5 Å². The fourth-order valence-electron chi connectivity index (χ4n) is 4.49. The number of hydrogen-bond acceptors (Lipinski definition) is 4. The quantitative estimate of drug-likeness (QED) is 0.341. The zero-order chi connectivity index (χ0) is 25.4. The number of allylic oxidation sites excluding steroid dienone is 1. The maximum Gasteiger partial charge on any atom is 0.326 e. The molecule has 1 aromatic heterocycles. The van der Waals surface area contributed by atoms with Crippen molar-refractivity contribution in [3.63, 3.8) is 0 Å². The first-order valence-electron chi connectivity index (χ1n) is 11.9. The van der Waals surface area contributed by atoms with Gasteiger partial charge in [0.1, 0.15) is 5.82 Å².